The van der Waals surface area contributed by atoms with Crippen LogP contribution in [0.2, 0.25) is 0 Å². The third-order valence-corrected chi connectivity index (χ3v) is 1.80. The molecule has 0 amide bonds. The molecule has 6 heteroatoms. The molecule has 0 fully saturated rings. The standard InChI is InChI=1S/C8H12F3N3/c9-8(10,11)6-5-13-7(14-6)3-1-2-4-12/h5H,1-4,12H2,(H,13,14). The van der Waals surface area contributed by atoms with Crippen molar-refractivity contribution >= 4 is 0 Å². The number of nitrogens with zero attached hydrogens (tertiary/aromatic N) is 1. The molecule has 0 spiro atoms. The second-order valence-electron chi connectivity index (χ2n) is 2.99. The fraction of sp³-hybridized carbons (Fsp3) is 0.625. The molecule has 0 saturated carbocycles. The summed E-state index contributed by atoms with van der Waals surface area (Å²) in [6, 6.07) is 0. The third kappa shape index (κ3) is 3.02. The van der Waals surface area contributed by atoms with Gasteiger partial charge in [-0.25, -0.2) is 4.98 Å². The molecule has 0 aromatic carbocycles. The Hall–Kier alpha value is -1.04. The van der Waals surface area contributed by atoms with Crippen LogP contribution in [0.25, 0.3) is 0 Å². The fourth-order valence-electron chi connectivity index (χ4n) is 1.07. The van der Waals surface area contributed by atoms with Crippen molar-refractivity contribution in [2.24, 2.45) is 5.73 Å². The minimum atomic E-state index is -4.33. The topological polar surface area (TPSA) is 54.7 Å². The van der Waals surface area contributed by atoms with E-state index in [1.807, 2.05) is 0 Å². The lowest BCUT2D eigenvalue weighted by atomic mass is 10.2. The highest BCUT2D eigenvalue weighted by Crippen LogP contribution is 2.27. The summed E-state index contributed by atoms with van der Waals surface area (Å²) >= 11 is 0. The zero-order chi connectivity index (χ0) is 10.6. The van der Waals surface area contributed by atoms with Gasteiger partial charge in [-0.3, -0.25) is 0 Å². The van der Waals surface area contributed by atoms with Gasteiger partial charge in [-0.15, -0.1) is 0 Å². The van der Waals surface area contributed by atoms with E-state index in [9.17, 15) is 13.2 Å². The molecular formula is C8H12F3N3. The van der Waals surface area contributed by atoms with Crippen molar-refractivity contribution in [2.45, 2.75) is 25.4 Å². The Kier molecular flexibility index (Phi) is 3.51. The molecule has 0 bridgehead atoms. The molecule has 3 N–H and O–H groups in total. The highest BCUT2D eigenvalue weighted by molar-refractivity contribution is 5.05. The second-order valence-corrected chi connectivity index (χ2v) is 2.99. The van der Waals surface area contributed by atoms with Gasteiger partial charge in [0, 0.05) is 6.42 Å². The van der Waals surface area contributed by atoms with Crippen LogP contribution >= 0.6 is 0 Å². The largest absolute Gasteiger partial charge is 0.432 e. The lowest BCUT2D eigenvalue weighted by Crippen LogP contribution is -2.05. The van der Waals surface area contributed by atoms with Gasteiger partial charge in [0.05, 0.1) is 6.20 Å². The Morgan fingerprint density at radius 1 is 1.36 bits per heavy atom. The van der Waals surface area contributed by atoms with E-state index >= 15 is 0 Å². The van der Waals surface area contributed by atoms with Gasteiger partial charge in [-0.1, -0.05) is 0 Å². The summed E-state index contributed by atoms with van der Waals surface area (Å²) < 4.78 is 36.3. The second kappa shape index (κ2) is 4.45. The molecule has 1 aromatic heterocycles. The first kappa shape index (κ1) is 11.0. The summed E-state index contributed by atoms with van der Waals surface area (Å²) in [5.41, 5.74) is 4.47. The van der Waals surface area contributed by atoms with Gasteiger partial charge in [-0.05, 0) is 19.4 Å². The van der Waals surface area contributed by atoms with E-state index in [-0.39, 0.29) is 0 Å². The average Bonchev–Trinajstić information content (AvgIpc) is 2.52. The summed E-state index contributed by atoms with van der Waals surface area (Å²) in [6.45, 7) is 0.548. The van der Waals surface area contributed by atoms with E-state index in [1.165, 1.54) is 0 Å². The zero-order valence-electron chi connectivity index (χ0n) is 7.56. The van der Waals surface area contributed by atoms with E-state index in [0.29, 0.717) is 18.8 Å². The van der Waals surface area contributed by atoms with Crippen LogP contribution in [0.5, 0.6) is 0 Å². The molecule has 0 aliphatic carbocycles. The number of aryl methyl sites for hydroxylation is 1. The van der Waals surface area contributed by atoms with Crippen LogP contribution in [-0.2, 0) is 12.6 Å². The minimum Gasteiger partial charge on any atom is -0.338 e. The molecule has 80 valence electrons. The lowest BCUT2D eigenvalue weighted by molar-refractivity contribution is -0.140. The van der Waals surface area contributed by atoms with Gasteiger partial charge in [-0.2, -0.15) is 13.2 Å². The number of hydrogen-bond donors (Lipinski definition) is 2. The van der Waals surface area contributed by atoms with Crippen molar-refractivity contribution in [1.82, 2.24) is 9.97 Å². The number of imidazole rings is 1. The van der Waals surface area contributed by atoms with Crippen molar-refractivity contribution < 1.29 is 13.2 Å². The Balaban J connectivity index is 2.51. The Morgan fingerprint density at radius 3 is 2.57 bits per heavy atom. The molecule has 1 heterocycles. The van der Waals surface area contributed by atoms with Gasteiger partial charge in [0.25, 0.3) is 0 Å². The first-order valence-corrected chi connectivity index (χ1v) is 4.35. The number of nitrogens with two attached hydrogens (primary N) is 1. The van der Waals surface area contributed by atoms with Gasteiger partial charge < -0.3 is 10.7 Å². The number of nitrogens with one attached hydrogen (secondary N) is 1. The SMILES string of the molecule is NCCCCc1ncc(C(F)(F)F)[nH]1. The third-order valence-electron chi connectivity index (χ3n) is 1.80. The van der Waals surface area contributed by atoms with Crippen molar-refractivity contribution in [2.75, 3.05) is 6.54 Å². The first-order valence-electron chi connectivity index (χ1n) is 4.35. The molecule has 1 rings (SSSR count). The minimum absolute atomic E-state index is 0.366. The van der Waals surface area contributed by atoms with Crippen LogP contribution in [-0.4, -0.2) is 16.5 Å². The number of aromatic amines is 1. The monoisotopic (exact) mass is 207 g/mol. The summed E-state index contributed by atoms with van der Waals surface area (Å²) in [6.07, 6.45) is -1.46. The molecular weight excluding hydrogens is 195 g/mol. The summed E-state index contributed by atoms with van der Waals surface area (Å²) in [7, 11) is 0. The highest BCUT2D eigenvalue weighted by Gasteiger charge is 2.32. The van der Waals surface area contributed by atoms with Crippen molar-refractivity contribution in [3.63, 3.8) is 0 Å². The Morgan fingerprint density at radius 2 is 2.07 bits per heavy atom. The fourth-order valence-corrected chi connectivity index (χ4v) is 1.07. The summed E-state index contributed by atoms with van der Waals surface area (Å²) in [5, 5.41) is 0. The molecule has 14 heavy (non-hydrogen) atoms. The number of halogens is 3. The van der Waals surface area contributed by atoms with E-state index < -0.39 is 11.9 Å². The predicted octanol–water partition coefficient (Wildman–Crippen LogP) is 1.71. The molecule has 0 unspecified atom stereocenters. The average molecular weight is 207 g/mol. The maximum Gasteiger partial charge on any atom is 0.432 e. The molecule has 0 aliphatic rings. The maximum absolute atomic E-state index is 12.1. The maximum atomic E-state index is 12.1. The van der Waals surface area contributed by atoms with Gasteiger partial charge in [0.1, 0.15) is 11.5 Å². The molecule has 0 radical (unpaired) electrons. The van der Waals surface area contributed by atoms with Crippen LogP contribution in [0, 0.1) is 0 Å². The van der Waals surface area contributed by atoms with E-state index in [1.54, 1.807) is 0 Å². The number of rotatable bonds is 4. The smallest absolute Gasteiger partial charge is 0.338 e. The van der Waals surface area contributed by atoms with E-state index in [2.05, 4.69) is 9.97 Å². The number of H-pyrrole nitrogens is 1. The number of alkyl halides is 3. The van der Waals surface area contributed by atoms with Crippen molar-refractivity contribution in [3.8, 4) is 0 Å². The highest BCUT2D eigenvalue weighted by atomic mass is 19.4. The van der Waals surface area contributed by atoms with Gasteiger partial charge in [0.2, 0.25) is 0 Å². The van der Waals surface area contributed by atoms with Gasteiger partial charge >= 0.3 is 6.18 Å². The van der Waals surface area contributed by atoms with Crippen molar-refractivity contribution in [3.05, 3.63) is 17.7 Å². The lowest BCUT2D eigenvalue weighted by Gasteiger charge is -2.01. The molecule has 1 aromatic rings. The van der Waals surface area contributed by atoms with E-state index in [4.69, 9.17) is 5.73 Å². The van der Waals surface area contributed by atoms with Gasteiger partial charge in [0.15, 0.2) is 0 Å². The quantitative estimate of drug-likeness (QED) is 0.738. The van der Waals surface area contributed by atoms with E-state index in [0.717, 1.165) is 19.0 Å². The number of hydrogen-bond acceptors (Lipinski definition) is 2. The number of aromatic nitrogens is 2. The number of unbranched alkanes of at least 4 members (excludes halogenated alkanes) is 1. The van der Waals surface area contributed by atoms with Crippen LogP contribution in [0.3, 0.4) is 0 Å². The van der Waals surface area contributed by atoms with Crippen molar-refractivity contribution in [1.29, 1.82) is 0 Å². The predicted molar refractivity (Wildman–Crippen MR) is 45.6 cm³/mol. The van der Waals surface area contributed by atoms with Crippen LogP contribution in [0.4, 0.5) is 13.2 Å². The summed E-state index contributed by atoms with van der Waals surface area (Å²) in [4.78, 5) is 5.87. The van der Waals surface area contributed by atoms with Crippen LogP contribution in [0.15, 0.2) is 6.20 Å². The Bertz CT molecular complexity index is 280. The van der Waals surface area contributed by atoms with Crippen LogP contribution < -0.4 is 5.73 Å². The molecule has 0 saturated heterocycles. The molecule has 0 aliphatic heterocycles. The zero-order valence-corrected chi connectivity index (χ0v) is 7.56. The summed E-state index contributed by atoms with van der Waals surface area (Å²) in [5.74, 6) is 0.366. The normalized spacial score (nSPS) is 12.0. The van der Waals surface area contributed by atoms with Crippen LogP contribution in [0.1, 0.15) is 24.4 Å². The first-order chi connectivity index (χ1) is 6.54. The molecule has 0 atom stereocenters. The Labute approximate surface area is 79.5 Å². The molecule has 3 nitrogen and oxygen atoms in total.